The summed E-state index contributed by atoms with van der Waals surface area (Å²) in [5, 5.41) is 1.54. The van der Waals surface area contributed by atoms with Crippen molar-refractivity contribution in [1.82, 2.24) is 15.0 Å². The lowest BCUT2D eigenvalue weighted by Gasteiger charge is -2.40. The first-order chi connectivity index (χ1) is 14.6. The van der Waals surface area contributed by atoms with E-state index in [1.165, 1.54) is 22.9 Å². The van der Waals surface area contributed by atoms with Gasteiger partial charge in [0, 0.05) is 23.1 Å². The molecule has 2 heterocycles. The van der Waals surface area contributed by atoms with Gasteiger partial charge in [-0.1, -0.05) is 59.2 Å². The van der Waals surface area contributed by atoms with Crippen LogP contribution in [0.4, 0.5) is 0 Å². The van der Waals surface area contributed by atoms with Gasteiger partial charge in [-0.2, -0.15) is 0 Å². The molecule has 2 aliphatic carbocycles. The van der Waals surface area contributed by atoms with Gasteiger partial charge in [-0.05, 0) is 54.7 Å². The summed E-state index contributed by atoms with van der Waals surface area (Å²) >= 11 is 13.7. The molecule has 1 aromatic carbocycles. The van der Waals surface area contributed by atoms with E-state index >= 15 is 0 Å². The number of fused-ring (bicyclic) bond motifs is 1. The van der Waals surface area contributed by atoms with Crippen LogP contribution in [0.2, 0.25) is 10.2 Å². The Hall–Kier alpha value is -1.66. The van der Waals surface area contributed by atoms with Crippen molar-refractivity contribution in [3.8, 4) is 0 Å². The van der Waals surface area contributed by atoms with E-state index in [0.717, 1.165) is 47.7 Å². The largest absolute Gasteiger partial charge is 0.323 e. The van der Waals surface area contributed by atoms with Crippen LogP contribution in [0.5, 0.6) is 0 Å². The molecule has 1 atom stereocenters. The van der Waals surface area contributed by atoms with E-state index in [1.807, 2.05) is 18.5 Å². The summed E-state index contributed by atoms with van der Waals surface area (Å²) in [6.45, 7) is 0. The number of rotatable bonds is 3. The molecule has 0 saturated heterocycles. The Morgan fingerprint density at radius 1 is 1.00 bits per heavy atom. The van der Waals surface area contributed by atoms with Gasteiger partial charge in [0.25, 0.3) is 0 Å². The van der Waals surface area contributed by atoms with Crippen LogP contribution < -0.4 is 5.73 Å². The van der Waals surface area contributed by atoms with Crippen molar-refractivity contribution >= 4 is 35.0 Å². The minimum atomic E-state index is 0.149. The molecule has 0 aliphatic heterocycles. The molecule has 2 N–H and O–H groups in total. The molecule has 2 aliphatic rings. The number of pyridine rings is 1. The summed E-state index contributed by atoms with van der Waals surface area (Å²) in [4.78, 5) is 14.1. The number of aromatic nitrogens is 3. The Labute approximate surface area is 190 Å². The predicted octanol–water partition coefficient (Wildman–Crippen LogP) is 6.23. The third-order valence-corrected chi connectivity index (χ3v) is 8.52. The van der Waals surface area contributed by atoms with Gasteiger partial charge in [0.15, 0.2) is 0 Å². The Morgan fingerprint density at radius 2 is 1.80 bits per heavy atom. The molecule has 0 amide bonds. The molecule has 1 spiro atoms. The van der Waals surface area contributed by atoms with E-state index in [1.54, 1.807) is 6.20 Å². The van der Waals surface area contributed by atoms with Crippen LogP contribution in [-0.4, -0.2) is 15.0 Å². The Bertz CT molecular complexity index is 1070. The fourth-order valence-electron chi connectivity index (χ4n) is 4.98. The average molecular weight is 457 g/mol. The van der Waals surface area contributed by atoms with Crippen LogP contribution in [0, 0.1) is 5.41 Å². The van der Waals surface area contributed by atoms with E-state index in [0.29, 0.717) is 16.1 Å². The fourth-order valence-corrected chi connectivity index (χ4v) is 6.17. The van der Waals surface area contributed by atoms with Gasteiger partial charge in [0.05, 0.1) is 23.1 Å². The lowest BCUT2D eigenvalue weighted by molar-refractivity contribution is 0.148. The van der Waals surface area contributed by atoms with Crippen LogP contribution in [0.25, 0.3) is 0 Å². The Morgan fingerprint density at radius 3 is 2.53 bits per heavy atom. The number of nitrogens with two attached hydrogens (primary N) is 1. The molecule has 154 valence electrons. The SMILES string of the molecule is NC1c2ccccc2C[C@]12CC[C@@H](c1cnc(Sc3ccnc(Cl)c3Cl)cn1)CC2. The highest BCUT2D eigenvalue weighted by molar-refractivity contribution is 7.99. The van der Waals surface area contributed by atoms with Crippen molar-refractivity contribution < 1.29 is 0 Å². The number of hydrogen-bond donors (Lipinski definition) is 1. The minimum absolute atomic E-state index is 0.149. The zero-order valence-electron chi connectivity index (χ0n) is 16.4. The zero-order chi connectivity index (χ0) is 20.7. The topological polar surface area (TPSA) is 64.7 Å². The second-order valence-corrected chi connectivity index (χ2v) is 10.1. The van der Waals surface area contributed by atoms with Crippen molar-refractivity contribution in [3.05, 3.63) is 75.9 Å². The number of benzene rings is 1. The summed E-state index contributed by atoms with van der Waals surface area (Å²) in [7, 11) is 0. The molecular weight excluding hydrogens is 435 g/mol. The molecule has 1 unspecified atom stereocenters. The van der Waals surface area contributed by atoms with E-state index in [2.05, 4.69) is 34.2 Å². The zero-order valence-corrected chi connectivity index (χ0v) is 18.7. The molecule has 5 rings (SSSR count). The molecule has 0 radical (unpaired) electrons. The standard InChI is InChI=1S/C23H22Cl2N4S/c24-20-18(7-10-27-22(20)25)30-19-13-28-17(12-29-19)14-5-8-23(9-6-14)11-15-3-1-2-4-16(15)21(23)26/h1-4,7,10,12-14,21H,5-6,8-9,11,26H2/t14-,21?,23-. The summed E-state index contributed by atoms with van der Waals surface area (Å²) < 4.78 is 0. The van der Waals surface area contributed by atoms with Gasteiger partial charge in [-0.25, -0.2) is 9.97 Å². The maximum absolute atomic E-state index is 6.70. The minimum Gasteiger partial charge on any atom is -0.323 e. The van der Waals surface area contributed by atoms with Gasteiger partial charge in [-0.15, -0.1) is 0 Å². The maximum atomic E-state index is 6.70. The van der Waals surface area contributed by atoms with Crippen LogP contribution in [0.1, 0.15) is 54.5 Å². The molecule has 2 aromatic heterocycles. The first kappa shape index (κ1) is 20.3. The van der Waals surface area contributed by atoms with Gasteiger partial charge < -0.3 is 5.73 Å². The predicted molar refractivity (Wildman–Crippen MR) is 121 cm³/mol. The summed E-state index contributed by atoms with van der Waals surface area (Å²) in [5.74, 6) is 0.442. The Balaban J connectivity index is 1.26. The smallest absolute Gasteiger partial charge is 0.148 e. The van der Waals surface area contributed by atoms with Crippen molar-refractivity contribution in [2.75, 3.05) is 0 Å². The third kappa shape index (κ3) is 3.62. The normalized spacial score (nSPS) is 25.4. The Kier molecular flexibility index (Phi) is 5.48. The van der Waals surface area contributed by atoms with Gasteiger partial charge >= 0.3 is 0 Å². The molecule has 7 heteroatoms. The molecule has 1 fully saturated rings. The fraction of sp³-hybridized carbons (Fsp3) is 0.348. The highest BCUT2D eigenvalue weighted by Gasteiger charge is 2.46. The number of halogens is 2. The lowest BCUT2D eigenvalue weighted by atomic mass is 9.66. The first-order valence-corrected chi connectivity index (χ1v) is 11.8. The second-order valence-electron chi connectivity index (χ2n) is 8.29. The number of hydrogen-bond acceptors (Lipinski definition) is 5. The van der Waals surface area contributed by atoms with Crippen LogP contribution in [0.3, 0.4) is 0 Å². The third-order valence-electron chi connectivity index (χ3n) is 6.67. The van der Waals surface area contributed by atoms with Crippen LogP contribution in [-0.2, 0) is 6.42 Å². The van der Waals surface area contributed by atoms with Gasteiger partial charge in [-0.3, -0.25) is 4.98 Å². The molecule has 3 aromatic rings. The van der Waals surface area contributed by atoms with Crippen molar-refractivity contribution in [2.24, 2.45) is 11.1 Å². The second kappa shape index (κ2) is 8.12. The quantitative estimate of drug-likeness (QED) is 0.473. The average Bonchev–Trinajstić information content (AvgIpc) is 3.04. The van der Waals surface area contributed by atoms with E-state index in [4.69, 9.17) is 33.9 Å². The van der Waals surface area contributed by atoms with Crippen LogP contribution >= 0.6 is 35.0 Å². The van der Waals surface area contributed by atoms with Crippen molar-refractivity contribution in [3.63, 3.8) is 0 Å². The van der Waals surface area contributed by atoms with Crippen LogP contribution in [0.15, 0.2) is 58.8 Å². The molecule has 0 bridgehead atoms. The summed E-state index contributed by atoms with van der Waals surface area (Å²) in [5.41, 5.74) is 10.7. The summed E-state index contributed by atoms with van der Waals surface area (Å²) in [6, 6.07) is 10.6. The monoisotopic (exact) mass is 456 g/mol. The molecule has 30 heavy (non-hydrogen) atoms. The lowest BCUT2D eigenvalue weighted by Crippen LogP contribution is -2.35. The number of nitrogens with zero attached hydrogens (tertiary/aromatic N) is 3. The van der Waals surface area contributed by atoms with Crippen molar-refractivity contribution in [2.45, 2.75) is 54.0 Å². The molecular formula is C23H22Cl2N4S. The van der Waals surface area contributed by atoms with Crippen molar-refractivity contribution in [1.29, 1.82) is 0 Å². The van der Waals surface area contributed by atoms with Gasteiger partial charge in [0.2, 0.25) is 0 Å². The van der Waals surface area contributed by atoms with E-state index in [-0.39, 0.29) is 11.5 Å². The highest BCUT2D eigenvalue weighted by Crippen LogP contribution is 2.55. The highest BCUT2D eigenvalue weighted by atomic mass is 35.5. The molecule has 1 saturated carbocycles. The maximum Gasteiger partial charge on any atom is 0.148 e. The summed E-state index contributed by atoms with van der Waals surface area (Å²) in [6.07, 6.45) is 11.0. The van der Waals surface area contributed by atoms with Gasteiger partial charge in [0.1, 0.15) is 10.2 Å². The van der Waals surface area contributed by atoms with E-state index < -0.39 is 0 Å². The molecule has 4 nitrogen and oxygen atoms in total. The first-order valence-electron chi connectivity index (χ1n) is 10.2. The van der Waals surface area contributed by atoms with E-state index in [9.17, 15) is 0 Å².